The zero-order valence-electron chi connectivity index (χ0n) is 20.6. The number of fused-ring (bicyclic) bond motifs is 2. The van der Waals surface area contributed by atoms with Gasteiger partial charge in [-0.1, -0.05) is 56.3 Å². The van der Waals surface area contributed by atoms with Crippen molar-refractivity contribution in [3.63, 3.8) is 0 Å². The molecule has 5 rings (SSSR count). The largest absolute Gasteiger partial charge is 0.384 e. The molecule has 0 saturated heterocycles. The van der Waals surface area contributed by atoms with E-state index in [1.54, 1.807) is 12.2 Å². The summed E-state index contributed by atoms with van der Waals surface area (Å²) < 4.78 is 2.03. The van der Waals surface area contributed by atoms with E-state index in [0.717, 1.165) is 33.9 Å². The minimum atomic E-state index is -1.38. The predicted molar refractivity (Wildman–Crippen MR) is 134 cm³/mol. The fraction of sp³-hybridized carbons (Fsp3) is 0.345. The van der Waals surface area contributed by atoms with E-state index >= 15 is 0 Å². The van der Waals surface area contributed by atoms with Crippen molar-refractivity contribution < 1.29 is 19.3 Å². The highest BCUT2D eigenvalue weighted by atomic mass is 16.3. The summed E-state index contributed by atoms with van der Waals surface area (Å²) in [6.45, 7) is 8.40. The molecule has 0 radical (unpaired) electrons. The SMILES string of the molecule is CN1C(=CC2C(=O)C(=CC3=[N+](C)c4ccccc4C3(C)C)C(=O)C2O)C(C)(C)c2ccccc21. The van der Waals surface area contributed by atoms with E-state index < -0.39 is 17.8 Å². The molecule has 1 aliphatic carbocycles. The topological polar surface area (TPSA) is 60.6 Å². The molecule has 1 fully saturated rings. The van der Waals surface area contributed by atoms with Gasteiger partial charge in [0.15, 0.2) is 17.3 Å². The van der Waals surface area contributed by atoms with Gasteiger partial charge in [-0.05, 0) is 25.5 Å². The molecule has 3 aliphatic rings. The summed E-state index contributed by atoms with van der Waals surface area (Å²) in [4.78, 5) is 28.7. The zero-order chi connectivity index (χ0) is 24.6. The molecule has 5 nitrogen and oxygen atoms in total. The number of para-hydroxylation sites is 2. The Morgan fingerprint density at radius 2 is 1.53 bits per heavy atom. The summed E-state index contributed by atoms with van der Waals surface area (Å²) in [7, 11) is 3.92. The molecule has 1 saturated carbocycles. The van der Waals surface area contributed by atoms with Crippen LogP contribution in [0.4, 0.5) is 11.4 Å². The Morgan fingerprint density at radius 1 is 0.912 bits per heavy atom. The number of ketones is 2. The Bertz CT molecular complexity index is 1340. The first-order valence-electron chi connectivity index (χ1n) is 11.7. The average molecular weight is 456 g/mol. The average Bonchev–Trinajstić information content (AvgIpc) is 3.22. The Labute approximate surface area is 200 Å². The Balaban J connectivity index is 1.56. The van der Waals surface area contributed by atoms with Crippen LogP contribution >= 0.6 is 0 Å². The van der Waals surface area contributed by atoms with Crippen LogP contribution in [0.15, 0.2) is 72.0 Å². The maximum atomic E-state index is 13.5. The highest BCUT2D eigenvalue weighted by molar-refractivity contribution is 6.31. The van der Waals surface area contributed by atoms with Crippen molar-refractivity contribution in [2.45, 2.75) is 44.6 Å². The molecule has 0 amide bonds. The fourth-order valence-corrected chi connectivity index (χ4v) is 5.94. The molecule has 2 unspecified atom stereocenters. The molecule has 5 heteroatoms. The van der Waals surface area contributed by atoms with Crippen molar-refractivity contribution in [2.75, 3.05) is 19.0 Å². The van der Waals surface area contributed by atoms with Gasteiger partial charge in [-0.15, -0.1) is 0 Å². The van der Waals surface area contributed by atoms with Crippen LogP contribution in [0.5, 0.6) is 0 Å². The molecule has 2 heterocycles. The Hall–Kier alpha value is -3.31. The van der Waals surface area contributed by atoms with E-state index in [4.69, 9.17) is 0 Å². The second kappa shape index (κ2) is 7.34. The second-order valence-corrected chi connectivity index (χ2v) is 10.6. The third-order valence-electron chi connectivity index (χ3n) is 7.94. The van der Waals surface area contributed by atoms with Gasteiger partial charge in [0, 0.05) is 41.6 Å². The quantitative estimate of drug-likeness (QED) is 0.422. The van der Waals surface area contributed by atoms with Gasteiger partial charge in [0.05, 0.1) is 16.9 Å². The van der Waals surface area contributed by atoms with Crippen LogP contribution in [0.1, 0.15) is 38.8 Å². The summed E-state index contributed by atoms with van der Waals surface area (Å²) in [6.07, 6.45) is 2.12. The number of hydrogen-bond acceptors (Lipinski definition) is 4. The summed E-state index contributed by atoms with van der Waals surface area (Å²) in [5.74, 6) is -1.73. The first kappa shape index (κ1) is 22.5. The molecule has 0 spiro atoms. The predicted octanol–water partition coefficient (Wildman–Crippen LogP) is 4.06. The highest BCUT2D eigenvalue weighted by Gasteiger charge is 2.49. The highest BCUT2D eigenvalue weighted by Crippen LogP contribution is 2.48. The molecule has 174 valence electrons. The van der Waals surface area contributed by atoms with E-state index in [9.17, 15) is 14.7 Å². The van der Waals surface area contributed by atoms with Crippen molar-refractivity contribution in [1.29, 1.82) is 0 Å². The molecule has 2 aliphatic heterocycles. The Morgan fingerprint density at radius 3 is 2.18 bits per heavy atom. The fourth-order valence-electron chi connectivity index (χ4n) is 5.94. The lowest BCUT2D eigenvalue weighted by molar-refractivity contribution is -0.401. The maximum Gasteiger partial charge on any atom is 0.209 e. The number of carbonyl (C=O) groups excluding carboxylic acids is 2. The van der Waals surface area contributed by atoms with Crippen molar-refractivity contribution >= 4 is 28.7 Å². The van der Waals surface area contributed by atoms with Crippen LogP contribution in [0.3, 0.4) is 0 Å². The van der Waals surface area contributed by atoms with Crippen LogP contribution in [-0.2, 0) is 20.4 Å². The summed E-state index contributed by atoms with van der Waals surface area (Å²) >= 11 is 0. The monoisotopic (exact) mass is 455 g/mol. The second-order valence-electron chi connectivity index (χ2n) is 10.6. The van der Waals surface area contributed by atoms with Crippen molar-refractivity contribution in [3.8, 4) is 0 Å². The lowest BCUT2D eigenvalue weighted by Gasteiger charge is -2.25. The minimum Gasteiger partial charge on any atom is -0.384 e. The number of rotatable bonds is 2. The minimum absolute atomic E-state index is 0.0769. The van der Waals surface area contributed by atoms with E-state index in [1.807, 2.05) is 55.1 Å². The number of allylic oxidation sites excluding steroid dienone is 2. The number of anilines is 1. The molecular formula is C29H31N2O3+. The van der Waals surface area contributed by atoms with E-state index in [1.165, 1.54) is 0 Å². The summed E-state index contributed by atoms with van der Waals surface area (Å²) in [5.41, 5.74) is 5.60. The number of carbonyl (C=O) groups is 2. The first-order chi connectivity index (χ1) is 16.0. The van der Waals surface area contributed by atoms with Crippen molar-refractivity contribution in [3.05, 3.63) is 83.1 Å². The van der Waals surface area contributed by atoms with Gasteiger partial charge in [-0.3, -0.25) is 9.59 Å². The lowest BCUT2D eigenvalue weighted by atomic mass is 9.80. The smallest absolute Gasteiger partial charge is 0.209 e. The van der Waals surface area contributed by atoms with Crippen LogP contribution in [0.25, 0.3) is 0 Å². The number of aliphatic hydroxyl groups is 1. The number of Topliss-reactive ketones (excluding diaryl/α,β-unsaturated/α-hetero) is 2. The molecule has 2 aromatic carbocycles. The number of hydrogen-bond donors (Lipinski definition) is 1. The number of benzene rings is 2. The molecule has 2 atom stereocenters. The van der Waals surface area contributed by atoms with E-state index in [-0.39, 0.29) is 22.2 Å². The van der Waals surface area contributed by atoms with Crippen LogP contribution < -0.4 is 4.90 Å². The molecule has 34 heavy (non-hydrogen) atoms. The molecular weight excluding hydrogens is 424 g/mol. The van der Waals surface area contributed by atoms with Gasteiger partial charge in [-0.25, -0.2) is 0 Å². The van der Waals surface area contributed by atoms with Gasteiger partial charge in [-0.2, -0.15) is 4.58 Å². The van der Waals surface area contributed by atoms with Crippen LogP contribution in [0, 0.1) is 5.92 Å². The summed E-state index contributed by atoms with van der Waals surface area (Å²) in [6, 6.07) is 16.2. The van der Waals surface area contributed by atoms with Crippen LogP contribution in [-0.4, -0.2) is 47.2 Å². The van der Waals surface area contributed by atoms with Gasteiger partial charge >= 0.3 is 0 Å². The number of aliphatic hydroxyl groups excluding tert-OH is 1. The summed E-state index contributed by atoms with van der Waals surface area (Å²) in [5, 5.41) is 10.9. The van der Waals surface area contributed by atoms with E-state index in [0.29, 0.717) is 0 Å². The van der Waals surface area contributed by atoms with E-state index in [2.05, 4.69) is 44.7 Å². The third kappa shape index (κ3) is 2.93. The third-order valence-corrected chi connectivity index (χ3v) is 7.94. The zero-order valence-corrected chi connectivity index (χ0v) is 20.6. The van der Waals surface area contributed by atoms with Crippen molar-refractivity contribution in [1.82, 2.24) is 0 Å². The lowest BCUT2D eigenvalue weighted by Crippen LogP contribution is -2.28. The van der Waals surface area contributed by atoms with Gasteiger partial charge in [0.1, 0.15) is 13.2 Å². The molecule has 2 aromatic rings. The molecule has 0 aromatic heterocycles. The van der Waals surface area contributed by atoms with Gasteiger partial charge < -0.3 is 10.0 Å². The first-order valence-corrected chi connectivity index (χ1v) is 11.7. The standard InChI is InChI=1S/C29H31N2O3/c1-28(2)19-11-7-9-13-21(19)30(5)23(28)15-17-25(32)18(27(34)26(17)33)16-24-29(3,4)20-12-8-10-14-22(20)31(24)6/h7-17,26,33H,1-6H3/q+1. The normalized spacial score (nSPS) is 27.2. The molecule has 0 bridgehead atoms. The van der Waals surface area contributed by atoms with Gasteiger partial charge in [0.2, 0.25) is 5.69 Å². The maximum absolute atomic E-state index is 13.5. The van der Waals surface area contributed by atoms with Crippen molar-refractivity contribution in [2.24, 2.45) is 5.92 Å². The van der Waals surface area contributed by atoms with Crippen LogP contribution in [0.2, 0.25) is 0 Å². The number of likely N-dealkylation sites (N-methyl/N-ethyl adjacent to an activating group) is 1. The number of nitrogens with zero attached hydrogens (tertiary/aromatic N) is 2. The molecule has 1 N–H and O–H groups in total. The van der Waals surface area contributed by atoms with Gasteiger partial charge in [0.25, 0.3) is 0 Å². The Kier molecular flexibility index (Phi) is 4.86.